The smallest absolute Gasteiger partial charge is 0.726 e. The van der Waals surface area contributed by atoms with E-state index in [1.807, 2.05) is 0 Å². The number of hydrogen-bond donors (Lipinski definition) is 0. The molecule has 0 spiro atoms. The Morgan fingerprint density at radius 2 is 0.638 bits per heavy atom. The predicted molar refractivity (Wildman–Crippen MR) is 178 cm³/mol. The molecule has 0 aliphatic rings. The van der Waals surface area contributed by atoms with Crippen LogP contribution in [0.15, 0.2) is 0 Å². The van der Waals surface area contributed by atoms with E-state index in [4.69, 9.17) is 9.47 Å². The molecule has 0 N–H and O–H groups in total. The first-order chi connectivity index (χ1) is 21.5. The van der Waals surface area contributed by atoms with Gasteiger partial charge >= 0.3 is 59.1 Å². The summed E-state index contributed by atoms with van der Waals surface area (Å²) in [6.07, 6.45) is 28.6. The Kier molecular flexibility index (Phi) is 40.6. The molecule has 0 aromatic carbocycles. The topological polar surface area (TPSA) is 151 Å². The average Bonchev–Trinajstić information content (AvgIpc) is 2.98. The minimum atomic E-state index is -5.07. The van der Waals surface area contributed by atoms with Gasteiger partial charge in [-0.3, -0.25) is 8.37 Å². The molecule has 0 bridgehead atoms. The van der Waals surface area contributed by atoms with Gasteiger partial charge in [0.05, 0.1) is 31.8 Å². The largest absolute Gasteiger partial charge is 1.00 e. The Labute approximate surface area is 333 Å². The molecule has 0 atom stereocenters. The standard InChI is InChI=1S/C33H68O10S2.2Na/c1-3-5-7-9-11-13-15-17-19-21-23-25-27-40-29-33(31-42-44(34,35)36,32-43-45(37,38)39)30-41-28-26-24-22-20-18-16-14-12-10-8-6-4-2;;/h3-32H2,1-2H3,(H,34,35,36)(H,37,38,39);;/q;2*+1/p-2. The van der Waals surface area contributed by atoms with Crippen molar-refractivity contribution in [2.45, 2.75) is 168 Å². The van der Waals surface area contributed by atoms with Crippen LogP contribution in [0.5, 0.6) is 0 Å². The van der Waals surface area contributed by atoms with E-state index in [2.05, 4.69) is 22.2 Å². The van der Waals surface area contributed by atoms with Crippen LogP contribution >= 0.6 is 0 Å². The van der Waals surface area contributed by atoms with Crippen LogP contribution in [0.3, 0.4) is 0 Å². The molecule has 14 heteroatoms. The van der Waals surface area contributed by atoms with E-state index >= 15 is 0 Å². The summed E-state index contributed by atoms with van der Waals surface area (Å²) in [5.74, 6) is 0. The Hall–Kier alpha value is 1.66. The molecule has 0 saturated heterocycles. The summed E-state index contributed by atoms with van der Waals surface area (Å²) in [7, 11) is -10.1. The van der Waals surface area contributed by atoms with Crippen molar-refractivity contribution in [1.82, 2.24) is 0 Å². The Morgan fingerprint density at radius 1 is 0.404 bits per heavy atom. The number of hydrogen-bond acceptors (Lipinski definition) is 10. The summed E-state index contributed by atoms with van der Waals surface area (Å²) >= 11 is 0. The van der Waals surface area contributed by atoms with Gasteiger partial charge < -0.3 is 18.6 Å². The monoisotopic (exact) mass is 732 g/mol. The molecular formula is C33H66Na2O10S2. The third-order valence-corrected chi connectivity index (χ3v) is 8.93. The molecule has 0 saturated carbocycles. The van der Waals surface area contributed by atoms with Crippen LogP contribution in [0.4, 0.5) is 0 Å². The van der Waals surface area contributed by atoms with Crippen molar-refractivity contribution < 1.29 is 103 Å². The van der Waals surface area contributed by atoms with E-state index in [0.717, 1.165) is 51.4 Å². The molecule has 0 aromatic heterocycles. The average molecular weight is 733 g/mol. The maximum Gasteiger partial charge on any atom is 1.00 e. The second kappa shape index (κ2) is 36.0. The van der Waals surface area contributed by atoms with Gasteiger partial charge in [-0.05, 0) is 12.8 Å². The summed E-state index contributed by atoms with van der Waals surface area (Å²) in [6, 6.07) is 0. The summed E-state index contributed by atoms with van der Waals surface area (Å²) in [6.45, 7) is 3.35. The molecule has 0 heterocycles. The maximum atomic E-state index is 11.2. The van der Waals surface area contributed by atoms with Crippen molar-refractivity contribution >= 4 is 20.8 Å². The molecule has 0 amide bonds. The molecule has 0 radical (unpaired) electrons. The minimum absolute atomic E-state index is 0. The van der Waals surface area contributed by atoms with Crippen LogP contribution in [0.1, 0.15) is 168 Å². The van der Waals surface area contributed by atoms with E-state index in [1.54, 1.807) is 0 Å². The van der Waals surface area contributed by atoms with Crippen LogP contribution in [-0.4, -0.2) is 65.6 Å². The maximum absolute atomic E-state index is 11.2. The van der Waals surface area contributed by atoms with Gasteiger partial charge in [0.2, 0.25) is 20.8 Å². The summed E-state index contributed by atoms with van der Waals surface area (Å²) in [4.78, 5) is 0. The fourth-order valence-corrected chi connectivity index (χ4v) is 6.10. The van der Waals surface area contributed by atoms with Crippen LogP contribution in [0.25, 0.3) is 0 Å². The Balaban J connectivity index is -0.00000968. The molecule has 0 aromatic rings. The van der Waals surface area contributed by atoms with Gasteiger partial charge in [-0.25, -0.2) is 16.8 Å². The van der Waals surface area contributed by atoms with Gasteiger partial charge in [0.1, 0.15) is 0 Å². The van der Waals surface area contributed by atoms with E-state index in [1.165, 1.54) is 103 Å². The first-order valence-corrected chi connectivity index (χ1v) is 20.6. The third-order valence-electron chi connectivity index (χ3n) is 8.12. The Bertz CT molecular complexity index is 791. The van der Waals surface area contributed by atoms with E-state index in [0.29, 0.717) is 13.2 Å². The molecular weight excluding hydrogens is 666 g/mol. The number of rotatable bonds is 36. The van der Waals surface area contributed by atoms with Crippen molar-refractivity contribution in [1.29, 1.82) is 0 Å². The van der Waals surface area contributed by atoms with E-state index in [9.17, 15) is 25.9 Å². The summed E-state index contributed by atoms with van der Waals surface area (Å²) in [5, 5.41) is 0. The van der Waals surface area contributed by atoms with Crippen LogP contribution in [-0.2, 0) is 38.6 Å². The van der Waals surface area contributed by atoms with Crippen molar-refractivity contribution in [3.8, 4) is 0 Å². The van der Waals surface area contributed by atoms with Crippen molar-refractivity contribution in [2.75, 3.05) is 39.6 Å². The molecule has 10 nitrogen and oxygen atoms in total. The van der Waals surface area contributed by atoms with Gasteiger partial charge in [-0.15, -0.1) is 0 Å². The minimum Gasteiger partial charge on any atom is -0.726 e. The van der Waals surface area contributed by atoms with E-state index < -0.39 is 39.4 Å². The molecule has 0 rings (SSSR count). The fraction of sp³-hybridized carbons (Fsp3) is 1.00. The Morgan fingerprint density at radius 3 is 0.872 bits per heavy atom. The van der Waals surface area contributed by atoms with E-state index in [-0.39, 0.29) is 72.3 Å². The first-order valence-electron chi connectivity index (χ1n) is 17.9. The van der Waals surface area contributed by atoms with Crippen LogP contribution < -0.4 is 59.1 Å². The first kappa shape index (κ1) is 53.0. The van der Waals surface area contributed by atoms with Gasteiger partial charge in [0, 0.05) is 13.2 Å². The second-order valence-corrected chi connectivity index (χ2v) is 14.8. The SMILES string of the molecule is CCCCCCCCCCCCCCOCC(COCCCCCCCCCCCCCC)(COS(=O)(=O)[O-])COS(=O)(=O)[O-].[Na+].[Na+]. The van der Waals surface area contributed by atoms with Crippen LogP contribution in [0, 0.1) is 5.41 Å². The molecule has 47 heavy (non-hydrogen) atoms. The zero-order chi connectivity index (χ0) is 33.5. The molecule has 0 fully saturated rings. The molecule has 272 valence electrons. The normalized spacial score (nSPS) is 12.2. The van der Waals surface area contributed by atoms with Crippen molar-refractivity contribution in [2.24, 2.45) is 5.41 Å². The summed E-state index contributed by atoms with van der Waals surface area (Å²) < 4.78 is 87.7. The van der Waals surface area contributed by atoms with Gasteiger partial charge in [0.25, 0.3) is 0 Å². The predicted octanol–water partition coefficient (Wildman–Crippen LogP) is 2.37. The number of unbranched alkanes of at least 4 members (excludes halogenated alkanes) is 22. The van der Waals surface area contributed by atoms with Gasteiger partial charge in [-0.1, -0.05) is 155 Å². The van der Waals surface area contributed by atoms with Crippen LogP contribution in [0.2, 0.25) is 0 Å². The number of ether oxygens (including phenoxy) is 2. The van der Waals surface area contributed by atoms with Gasteiger partial charge in [0.15, 0.2) is 0 Å². The quantitative estimate of drug-likeness (QED) is 0.0407. The third kappa shape index (κ3) is 40.3. The van der Waals surface area contributed by atoms with Gasteiger partial charge in [-0.2, -0.15) is 0 Å². The zero-order valence-electron chi connectivity index (χ0n) is 30.6. The molecule has 0 unspecified atom stereocenters. The van der Waals surface area contributed by atoms with Crippen molar-refractivity contribution in [3.63, 3.8) is 0 Å². The zero-order valence-corrected chi connectivity index (χ0v) is 36.2. The van der Waals surface area contributed by atoms with Crippen molar-refractivity contribution in [3.05, 3.63) is 0 Å². The molecule has 0 aliphatic heterocycles. The fourth-order valence-electron chi connectivity index (χ4n) is 5.31. The molecule has 0 aliphatic carbocycles. The second-order valence-electron chi connectivity index (χ2n) is 12.7. The summed E-state index contributed by atoms with van der Waals surface area (Å²) in [5.41, 5.74) is -1.46.